The van der Waals surface area contributed by atoms with Gasteiger partial charge < -0.3 is 5.32 Å². The maximum atomic E-state index is 12.3. The highest BCUT2D eigenvalue weighted by Crippen LogP contribution is 2.37. The fourth-order valence-electron chi connectivity index (χ4n) is 2.85. The molecule has 21 heavy (non-hydrogen) atoms. The second kappa shape index (κ2) is 5.61. The molecule has 0 heterocycles. The maximum absolute atomic E-state index is 12.3. The maximum Gasteiger partial charge on any atom is 0.261 e. The molecule has 1 unspecified atom stereocenters. The Hall–Kier alpha value is -1.07. The molecule has 0 aliphatic heterocycles. The van der Waals surface area contributed by atoms with Crippen molar-refractivity contribution in [2.75, 3.05) is 0 Å². The molecule has 1 fully saturated rings. The van der Waals surface area contributed by atoms with E-state index in [-0.39, 0.29) is 22.3 Å². The Kier molecular flexibility index (Phi) is 4.36. The van der Waals surface area contributed by atoms with Crippen LogP contribution < -0.4 is 5.32 Å². The second-order valence-electron chi connectivity index (χ2n) is 6.55. The molecule has 6 heteroatoms. The summed E-state index contributed by atoms with van der Waals surface area (Å²) < 4.78 is 22.8. The average Bonchev–Trinajstić information content (AvgIpc) is 2.66. The summed E-state index contributed by atoms with van der Waals surface area (Å²) in [6, 6.07) is 4.59. The normalized spacial score (nSPS) is 21.2. The molecule has 116 valence electrons. The third-order valence-corrected chi connectivity index (χ3v) is 5.23. The quantitative estimate of drug-likeness (QED) is 0.866. The predicted octanol–water partition coefficient (Wildman–Crippen LogP) is 3.23. The smallest absolute Gasteiger partial charge is 0.261 e. The number of benzene rings is 1. The molecule has 1 aliphatic rings. The van der Waals surface area contributed by atoms with Gasteiger partial charge in [0.25, 0.3) is 15.0 Å². The lowest BCUT2D eigenvalue weighted by Crippen LogP contribution is -2.33. The lowest BCUT2D eigenvalue weighted by Gasteiger charge is -2.18. The van der Waals surface area contributed by atoms with Crippen LogP contribution in [-0.2, 0) is 9.05 Å². The summed E-state index contributed by atoms with van der Waals surface area (Å²) in [5.74, 6) is -0.247. The van der Waals surface area contributed by atoms with E-state index in [1.165, 1.54) is 12.1 Å². The fourth-order valence-corrected chi connectivity index (χ4v) is 3.71. The minimum atomic E-state index is -3.83. The molecule has 1 amide bonds. The van der Waals surface area contributed by atoms with Crippen molar-refractivity contribution in [2.45, 2.75) is 51.0 Å². The Morgan fingerprint density at radius 1 is 1.33 bits per heavy atom. The number of hydrogen-bond donors (Lipinski definition) is 1. The highest BCUT2D eigenvalue weighted by atomic mass is 35.7. The van der Waals surface area contributed by atoms with Crippen LogP contribution in [0.1, 0.15) is 49.0 Å². The van der Waals surface area contributed by atoms with Crippen LogP contribution in [0.2, 0.25) is 0 Å². The first-order chi connectivity index (χ1) is 9.57. The largest absolute Gasteiger partial charge is 0.349 e. The number of carbonyl (C=O) groups excluding carboxylic acids is 1. The Balaban J connectivity index is 2.18. The molecule has 2 rings (SSSR count). The van der Waals surface area contributed by atoms with Crippen molar-refractivity contribution >= 4 is 25.6 Å². The molecule has 0 saturated heterocycles. The number of rotatable bonds is 3. The van der Waals surface area contributed by atoms with Gasteiger partial charge in [-0.2, -0.15) is 0 Å². The van der Waals surface area contributed by atoms with Gasteiger partial charge in [0, 0.05) is 22.3 Å². The van der Waals surface area contributed by atoms with Gasteiger partial charge in [0.2, 0.25) is 0 Å². The van der Waals surface area contributed by atoms with Crippen molar-refractivity contribution in [1.82, 2.24) is 5.32 Å². The summed E-state index contributed by atoms with van der Waals surface area (Å²) in [7, 11) is 1.52. The molecule has 1 atom stereocenters. The van der Waals surface area contributed by atoms with E-state index in [1.54, 1.807) is 13.0 Å². The molecule has 4 nitrogen and oxygen atoms in total. The first-order valence-corrected chi connectivity index (χ1v) is 9.25. The summed E-state index contributed by atoms with van der Waals surface area (Å²) in [6.45, 7) is 6.11. The monoisotopic (exact) mass is 329 g/mol. The van der Waals surface area contributed by atoms with Gasteiger partial charge in [-0.05, 0) is 55.4 Å². The summed E-state index contributed by atoms with van der Waals surface area (Å²) in [5.41, 5.74) is 1.27. The number of nitrogens with one attached hydrogen (secondary N) is 1. The number of hydrogen-bond acceptors (Lipinski definition) is 3. The van der Waals surface area contributed by atoms with E-state index >= 15 is 0 Å². The van der Waals surface area contributed by atoms with Crippen LogP contribution in [-0.4, -0.2) is 20.4 Å². The average molecular weight is 330 g/mol. The number of aryl methyl sites for hydroxylation is 1. The highest BCUT2D eigenvalue weighted by molar-refractivity contribution is 8.13. The van der Waals surface area contributed by atoms with Gasteiger partial charge in [0.05, 0.1) is 4.90 Å². The van der Waals surface area contributed by atoms with E-state index in [0.29, 0.717) is 11.1 Å². The Morgan fingerprint density at radius 2 is 2.00 bits per heavy atom. The molecular weight excluding hydrogens is 310 g/mol. The Bertz CT molecular complexity index is 667. The van der Waals surface area contributed by atoms with E-state index in [4.69, 9.17) is 10.7 Å². The van der Waals surface area contributed by atoms with Gasteiger partial charge in [-0.25, -0.2) is 8.42 Å². The molecule has 0 spiro atoms. The van der Waals surface area contributed by atoms with E-state index in [9.17, 15) is 13.2 Å². The van der Waals surface area contributed by atoms with Gasteiger partial charge >= 0.3 is 0 Å². The highest BCUT2D eigenvalue weighted by Gasteiger charge is 2.31. The SMILES string of the molecule is Cc1cc(C(=O)NC2CCC(C)(C)C2)cc(S(=O)(=O)Cl)c1. The van der Waals surface area contributed by atoms with Crippen LogP contribution in [0.4, 0.5) is 0 Å². The zero-order chi connectivity index (χ0) is 15.8. The lowest BCUT2D eigenvalue weighted by atomic mass is 9.92. The second-order valence-corrected chi connectivity index (χ2v) is 9.12. The van der Waals surface area contributed by atoms with Crippen LogP contribution in [0.5, 0.6) is 0 Å². The molecule has 1 saturated carbocycles. The summed E-state index contributed by atoms with van der Waals surface area (Å²) >= 11 is 0. The minimum absolute atomic E-state index is 0.0407. The van der Waals surface area contributed by atoms with Gasteiger partial charge in [-0.15, -0.1) is 0 Å². The molecule has 1 aromatic rings. The van der Waals surface area contributed by atoms with Crippen molar-refractivity contribution < 1.29 is 13.2 Å². The third kappa shape index (κ3) is 4.20. The van der Waals surface area contributed by atoms with E-state index in [0.717, 1.165) is 19.3 Å². The van der Waals surface area contributed by atoms with Crippen molar-refractivity contribution in [3.05, 3.63) is 29.3 Å². The minimum Gasteiger partial charge on any atom is -0.349 e. The number of amides is 1. The molecule has 0 bridgehead atoms. The van der Waals surface area contributed by atoms with Crippen molar-refractivity contribution in [2.24, 2.45) is 5.41 Å². The van der Waals surface area contributed by atoms with Gasteiger partial charge in [-0.3, -0.25) is 4.79 Å². The van der Waals surface area contributed by atoms with Crippen LogP contribution in [0.25, 0.3) is 0 Å². The van der Waals surface area contributed by atoms with E-state index in [2.05, 4.69) is 19.2 Å². The van der Waals surface area contributed by atoms with E-state index < -0.39 is 9.05 Å². The van der Waals surface area contributed by atoms with Crippen LogP contribution in [0.15, 0.2) is 23.1 Å². The molecule has 0 aromatic heterocycles. The topological polar surface area (TPSA) is 63.2 Å². The number of carbonyl (C=O) groups is 1. The first kappa shape index (κ1) is 16.3. The first-order valence-electron chi connectivity index (χ1n) is 6.94. The molecule has 1 aliphatic carbocycles. The van der Waals surface area contributed by atoms with Crippen molar-refractivity contribution in [3.63, 3.8) is 0 Å². The number of halogens is 1. The molecule has 1 N–H and O–H groups in total. The van der Waals surface area contributed by atoms with Crippen LogP contribution in [0, 0.1) is 12.3 Å². The third-order valence-electron chi connectivity index (χ3n) is 3.90. The van der Waals surface area contributed by atoms with Gasteiger partial charge in [0.15, 0.2) is 0 Å². The van der Waals surface area contributed by atoms with Crippen LogP contribution in [0.3, 0.4) is 0 Å². The summed E-state index contributed by atoms with van der Waals surface area (Å²) in [6.07, 6.45) is 2.96. The van der Waals surface area contributed by atoms with Crippen molar-refractivity contribution in [1.29, 1.82) is 0 Å². The predicted molar refractivity (Wildman–Crippen MR) is 83.1 cm³/mol. The standard InChI is InChI=1S/C15H20ClNO3S/c1-10-6-11(8-13(7-10)21(16,19)20)14(18)17-12-4-5-15(2,3)9-12/h6-8,12H,4-5,9H2,1-3H3,(H,17,18). The van der Waals surface area contributed by atoms with Gasteiger partial charge in [0.1, 0.15) is 0 Å². The fraction of sp³-hybridized carbons (Fsp3) is 0.533. The zero-order valence-electron chi connectivity index (χ0n) is 12.4. The lowest BCUT2D eigenvalue weighted by molar-refractivity contribution is 0.0935. The van der Waals surface area contributed by atoms with Crippen molar-refractivity contribution in [3.8, 4) is 0 Å². The molecule has 0 radical (unpaired) electrons. The van der Waals surface area contributed by atoms with E-state index in [1.807, 2.05) is 0 Å². The van der Waals surface area contributed by atoms with Crippen LogP contribution >= 0.6 is 10.7 Å². The molecule has 1 aromatic carbocycles. The van der Waals surface area contributed by atoms with Gasteiger partial charge in [-0.1, -0.05) is 13.8 Å². The Morgan fingerprint density at radius 3 is 2.52 bits per heavy atom. The zero-order valence-corrected chi connectivity index (χ0v) is 14.0. The molecular formula is C15H20ClNO3S. The summed E-state index contributed by atoms with van der Waals surface area (Å²) in [4.78, 5) is 12.3. The Labute approximate surface area is 130 Å². The summed E-state index contributed by atoms with van der Waals surface area (Å²) in [5, 5.41) is 2.98.